The van der Waals surface area contributed by atoms with E-state index >= 15 is 0 Å². The van der Waals surface area contributed by atoms with Crippen molar-refractivity contribution < 1.29 is 23.9 Å². The number of hydrogen-bond donors (Lipinski definition) is 1. The van der Waals surface area contributed by atoms with Gasteiger partial charge in [0.05, 0.1) is 36.2 Å². The summed E-state index contributed by atoms with van der Waals surface area (Å²) >= 11 is 1.38. The maximum atomic E-state index is 12.7. The number of carbonyl (C=O) groups excluding carboxylic acids is 3. The molecular weight excluding hydrogens is 406 g/mol. The van der Waals surface area contributed by atoms with Gasteiger partial charge in [0.2, 0.25) is 5.78 Å². The summed E-state index contributed by atoms with van der Waals surface area (Å²) in [5.74, 6) is -1.52. The minimum atomic E-state index is -1.02. The number of nitrogens with one attached hydrogen (secondary N) is 1. The molecule has 3 aromatic rings. The highest BCUT2D eigenvalue weighted by Crippen LogP contribution is 2.23. The number of carbonyl (C=O) groups is 3. The van der Waals surface area contributed by atoms with E-state index in [0.717, 1.165) is 5.69 Å². The molecule has 0 radical (unpaired) electrons. The van der Waals surface area contributed by atoms with Crippen molar-refractivity contribution in [3.8, 4) is 10.7 Å². The number of nitrogens with zero attached hydrogens (tertiary/aromatic N) is 2. The van der Waals surface area contributed by atoms with Crippen molar-refractivity contribution in [1.82, 2.24) is 15.0 Å². The number of pyridine rings is 1. The highest BCUT2D eigenvalue weighted by Gasteiger charge is 2.27. The Kier molecular flexibility index (Phi) is 6.41. The number of esters is 2. The average molecular weight is 427 g/mol. The maximum absolute atomic E-state index is 12.7. The lowest BCUT2D eigenvalue weighted by molar-refractivity contribution is -0.145. The first-order valence-corrected chi connectivity index (χ1v) is 10.1. The van der Waals surface area contributed by atoms with E-state index in [1.54, 1.807) is 25.4 Å². The van der Waals surface area contributed by atoms with Crippen molar-refractivity contribution in [2.75, 3.05) is 7.11 Å². The van der Waals surface area contributed by atoms with E-state index in [9.17, 15) is 14.4 Å². The molecular formula is C21H21N3O5S. The first-order valence-electron chi connectivity index (χ1n) is 9.18. The Morgan fingerprint density at radius 3 is 2.67 bits per heavy atom. The number of hydrogen-bond acceptors (Lipinski definition) is 8. The average Bonchev–Trinajstić information content (AvgIpc) is 3.31. The number of thiazole rings is 1. The van der Waals surface area contributed by atoms with Crippen LogP contribution >= 0.6 is 11.3 Å². The van der Waals surface area contributed by atoms with E-state index in [-0.39, 0.29) is 12.1 Å². The van der Waals surface area contributed by atoms with E-state index in [2.05, 4.69) is 15.0 Å². The summed E-state index contributed by atoms with van der Waals surface area (Å²) in [5.41, 5.74) is 2.79. The van der Waals surface area contributed by atoms with Crippen LogP contribution in [-0.4, -0.2) is 45.9 Å². The summed E-state index contributed by atoms with van der Waals surface area (Å²) < 4.78 is 10.1. The molecule has 1 atom stereocenters. The zero-order chi connectivity index (χ0) is 21.8. The molecule has 0 bridgehead atoms. The van der Waals surface area contributed by atoms with Gasteiger partial charge in [-0.3, -0.25) is 14.6 Å². The fraction of sp³-hybridized carbons (Fsp3) is 0.286. The van der Waals surface area contributed by atoms with Crippen molar-refractivity contribution in [2.24, 2.45) is 0 Å². The molecule has 3 heterocycles. The van der Waals surface area contributed by atoms with Crippen LogP contribution in [0.25, 0.3) is 10.7 Å². The van der Waals surface area contributed by atoms with Gasteiger partial charge in [-0.2, -0.15) is 0 Å². The maximum Gasteiger partial charge on any atom is 0.339 e. The summed E-state index contributed by atoms with van der Waals surface area (Å²) in [5, 5.41) is 2.47. The van der Waals surface area contributed by atoms with Gasteiger partial charge in [-0.15, -0.1) is 11.3 Å². The molecule has 30 heavy (non-hydrogen) atoms. The summed E-state index contributed by atoms with van der Waals surface area (Å²) in [6, 6.07) is 5.51. The molecule has 0 aliphatic carbocycles. The first-order chi connectivity index (χ1) is 14.3. The van der Waals surface area contributed by atoms with E-state index in [0.29, 0.717) is 27.5 Å². The summed E-state index contributed by atoms with van der Waals surface area (Å²) in [6.07, 6.45) is 0.596. The number of ketones is 1. The van der Waals surface area contributed by atoms with Crippen LogP contribution in [-0.2, 0) is 20.7 Å². The van der Waals surface area contributed by atoms with Crippen molar-refractivity contribution in [3.63, 3.8) is 0 Å². The fourth-order valence-corrected chi connectivity index (χ4v) is 3.84. The molecule has 0 aromatic carbocycles. The Morgan fingerprint density at radius 1 is 1.23 bits per heavy atom. The molecule has 0 spiro atoms. The first kappa shape index (κ1) is 21.4. The molecule has 9 heteroatoms. The molecule has 0 saturated heterocycles. The van der Waals surface area contributed by atoms with Gasteiger partial charge >= 0.3 is 11.9 Å². The highest BCUT2D eigenvalue weighted by atomic mass is 32.1. The Labute approximate surface area is 177 Å². The van der Waals surface area contributed by atoms with Gasteiger partial charge < -0.3 is 14.5 Å². The van der Waals surface area contributed by atoms with Crippen LogP contribution in [0.1, 0.15) is 44.7 Å². The number of rotatable bonds is 7. The summed E-state index contributed by atoms with van der Waals surface area (Å²) in [6.45, 7) is 4.81. The Hall–Kier alpha value is -3.33. The Morgan fingerprint density at radius 2 is 2.00 bits per heavy atom. The Bertz CT molecular complexity index is 1090. The van der Waals surface area contributed by atoms with Crippen molar-refractivity contribution in [2.45, 2.75) is 33.3 Å². The van der Waals surface area contributed by atoms with E-state index < -0.39 is 23.8 Å². The van der Waals surface area contributed by atoms with Crippen molar-refractivity contribution >= 4 is 29.1 Å². The zero-order valence-electron chi connectivity index (χ0n) is 17.0. The van der Waals surface area contributed by atoms with Gasteiger partial charge in [0, 0.05) is 17.3 Å². The molecule has 0 amide bonds. The van der Waals surface area contributed by atoms with E-state index in [1.165, 1.54) is 25.4 Å². The molecule has 0 fully saturated rings. The normalized spacial score (nSPS) is 11.7. The van der Waals surface area contributed by atoms with Crippen LogP contribution in [0.5, 0.6) is 0 Å². The smallest absolute Gasteiger partial charge is 0.339 e. The minimum Gasteiger partial charge on any atom is -0.465 e. The van der Waals surface area contributed by atoms with Crippen LogP contribution in [0.2, 0.25) is 0 Å². The van der Waals surface area contributed by atoms with Crippen LogP contribution in [0.3, 0.4) is 0 Å². The monoisotopic (exact) mass is 427 g/mol. The van der Waals surface area contributed by atoms with Gasteiger partial charge in [0.15, 0.2) is 6.10 Å². The number of aryl methyl sites for hydroxylation is 1. The van der Waals surface area contributed by atoms with Crippen LogP contribution in [0, 0.1) is 13.8 Å². The zero-order valence-corrected chi connectivity index (χ0v) is 17.8. The molecule has 1 unspecified atom stereocenters. The SMILES string of the molecule is COC(=O)c1c(C)[nH]c(C(=O)C(C)OC(=O)Cc2csc(-c3ccccn3)n2)c1C. The Balaban J connectivity index is 1.66. The second-order valence-corrected chi connectivity index (χ2v) is 7.51. The minimum absolute atomic E-state index is 0.0584. The van der Waals surface area contributed by atoms with E-state index in [1.807, 2.05) is 18.2 Å². The number of aromatic amines is 1. The highest BCUT2D eigenvalue weighted by molar-refractivity contribution is 7.13. The molecule has 3 rings (SSSR count). The van der Waals surface area contributed by atoms with Gasteiger partial charge in [-0.05, 0) is 38.5 Å². The summed E-state index contributed by atoms with van der Waals surface area (Å²) in [4.78, 5) is 48.5. The molecule has 8 nitrogen and oxygen atoms in total. The van der Waals surface area contributed by atoms with E-state index in [4.69, 9.17) is 9.47 Å². The van der Waals surface area contributed by atoms with Gasteiger partial charge in [0.25, 0.3) is 0 Å². The standard InChI is InChI=1S/C21H21N3O5S/c1-11-17(21(27)28-4)12(2)23-18(11)19(26)13(3)29-16(25)9-14-10-30-20(24-14)15-7-5-6-8-22-15/h5-8,10,13,23H,9H2,1-4H3. The largest absolute Gasteiger partial charge is 0.465 e. The van der Waals surface area contributed by atoms with Crippen LogP contribution in [0.15, 0.2) is 29.8 Å². The third kappa shape index (κ3) is 4.46. The molecule has 0 aliphatic rings. The number of methoxy groups -OCH3 is 1. The lowest BCUT2D eigenvalue weighted by atomic mass is 10.1. The van der Waals surface area contributed by atoms with Gasteiger partial charge in [-0.1, -0.05) is 6.07 Å². The number of H-pyrrole nitrogens is 1. The lowest BCUT2D eigenvalue weighted by Gasteiger charge is -2.11. The second kappa shape index (κ2) is 9.00. The predicted octanol–water partition coefficient (Wildman–Crippen LogP) is 3.29. The van der Waals surface area contributed by atoms with Crippen molar-refractivity contribution in [3.05, 3.63) is 58.0 Å². The lowest BCUT2D eigenvalue weighted by Crippen LogP contribution is -2.26. The van der Waals surface area contributed by atoms with Crippen molar-refractivity contribution in [1.29, 1.82) is 0 Å². The second-order valence-electron chi connectivity index (χ2n) is 6.65. The topological polar surface area (TPSA) is 111 Å². The molecule has 3 aromatic heterocycles. The van der Waals surface area contributed by atoms with Gasteiger partial charge in [-0.25, -0.2) is 9.78 Å². The predicted molar refractivity (Wildman–Crippen MR) is 111 cm³/mol. The molecule has 0 aliphatic heterocycles. The molecule has 0 saturated carbocycles. The number of aromatic nitrogens is 3. The van der Waals surface area contributed by atoms with Crippen LogP contribution in [0.4, 0.5) is 0 Å². The third-order valence-corrected chi connectivity index (χ3v) is 5.43. The quantitative estimate of drug-likeness (QED) is 0.455. The fourth-order valence-electron chi connectivity index (χ4n) is 3.04. The molecule has 156 valence electrons. The third-order valence-electron chi connectivity index (χ3n) is 4.51. The number of Topliss-reactive ketones (excluding diaryl/α,β-unsaturated/α-hetero) is 1. The summed E-state index contributed by atoms with van der Waals surface area (Å²) in [7, 11) is 1.28. The van der Waals surface area contributed by atoms with Gasteiger partial charge in [0.1, 0.15) is 5.01 Å². The molecule has 1 N–H and O–H groups in total. The van der Waals surface area contributed by atoms with Crippen LogP contribution < -0.4 is 0 Å². The number of ether oxygens (including phenoxy) is 2.